The van der Waals surface area contributed by atoms with Crippen LogP contribution in [0, 0.1) is 0 Å². The number of benzene rings is 1. The number of rotatable bonds is 7. The molecule has 1 aromatic rings. The van der Waals surface area contributed by atoms with Gasteiger partial charge in [-0.3, -0.25) is 9.59 Å². The highest BCUT2D eigenvalue weighted by Gasteiger charge is 2.23. The van der Waals surface area contributed by atoms with Gasteiger partial charge in [0.25, 0.3) is 0 Å². The number of aliphatic carboxylic acids is 1. The summed E-state index contributed by atoms with van der Waals surface area (Å²) < 4.78 is 5.41. The fraction of sp³-hybridized carbons (Fsp3) is 0.467. The van der Waals surface area contributed by atoms with E-state index < -0.39 is 17.9 Å². The molecule has 1 saturated heterocycles. The summed E-state index contributed by atoms with van der Waals surface area (Å²) in [7, 11) is 0. The SMILES string of the molecule is O=C(C[C@H](NC[C@@H]1CCCO1)C(=O)O)Nc1cccc(O)c1. The molecule has 1 aliphatic rings. The molecule has 120 valence electrons. The van der Waals surface area contributed by atoms with Crippen LogP contribution in [0.25, 0.3) is 0 Å². The van der Waals surface area contributed by atoms with Gasteiger partial charge in [-0.05, 0) is 25.0 Å². The molecule has 0 saturated carbocycles. The number of nitrogens with one attached hydrogen (secondary N) is 2. The molecule has 0 bridgehead atoms. The molecule has 2 rings (SSSR count). The van der Waals surface area contributed by atoms with E-state index >= 15 is 0 Å². The summed E-state index contributed by atoms with van der Waals surface area (Å²) in [5.74, 6) is -1.48. The van der Waals surface area contributed by atoms with Crippen LogP contribution in [0.1, 0.15) is 19.3 Å². The van der Waals surface area contributed by atoms with Gasteiger partial charge in [0.05, 0.1) is 12.5 Å². The Morgan fingerprint density at radius 3 is 2.86 bits per heavy atom. The molecule has 1 fully saturated rings. The van der Waals surface area contributed by atoms with Gasteiger partial charge in [-0.1, -0.05) is 6.07 Å². The van der Waals surface area contributed by atoms with Crippen LogP contribution < -0.4 is 10.6 Å². The first-order valence-corrected chi connectivity index (χ1v) is 7.21. The van der Waals surface area contributed by atoms with E-state index in [1.54, 1.807) is 12.1 Å². The van der Waals surface area contributed by atoms with Crippen LogP contribution in [-0.4, -0.2) is 47.4 Å². The third-order valence-corrected chi connectivity index (χ3v) is 3.43. The standard InChI is InChI=1S/C15H20N2O5/c18-11-4-1-3-10(7-11)17-14(19)8-13(15(20)21)16-9-12-5-2-6-22-12/h1,3-4,7,12-13,16,18H,2,5-6,8-9H2,(H,17,19)(H,20,21)/t12-,13-/m0/s1. The zero-order chi connectivity index (χ0) is 15.9. The number of phenolic OH excluding ortho intramolecular Hbond substituents is 1. The van der Waals surface area contributed by atoms with Crippen LogP contribution in [0.15, 0.2) is 24.3 Å². The maximum Gasteiger partial charge on any atom is 0.321 e. The van der Waals surface area contributed by atoms with Crippen molar-refractivity contribution in [2.75, 3.05) is 18.5 Å². The Kier molecular flexibility index (Phi) is 5.74. The van der Waals surface area contributed by atoms with Crippen LogP contribution in [0.2, 0.25) is 0 Å². The van der Waals surface area contributed by atoms with Gasteiger partial charge in [-0.15, -0.1) is 0 Å². The van der Waals surface area contributed by atoms with Crippen molar-refractivity contribution in [2.24, 2.45) is 0 Å². The summed E-state index contributed by atoms with van der Waals surface area (Å²) in [5, 5.41) is 23.9. The lowest BCUT2D eigenvalue weighted by atomic mass is 10.1. The number of carbonyl (C=O) groups excluding carboxylic acids is 1. The molecule has 1 amide bonds. The van der Waals surface area contributed by atoms with Gasteiger partial charge in [-0.2, -0.15) is 0 Å². The van der Waals surface area contributed by atoms with Crippen LogP contribution in [0.4, 0.5) is 5.69 Å². The predicted octanol–water partition coefficient (Wildman–Crippen LogP) is 0.943. The Balaban J connectivity index is 1.84. The van der Waals surface area contributed by atoms with Gasteiger partial charge in [0.2, 0.25) is 5.91 Å². The van der Waals surface area contributed by atoms with E-state index in [0.29, 0.717) is 18.8 Å². The van der Waals surface area contributed by atoms with E-state index in [0.717, 1.165) is 12.8 Å². The number of aromatic hydroxyl groups is 1. The predicted molar refractivity (Wildman–Crippen MR) is 79.8 cm³/mol. The summed E-state index contributed by atoms with van der Waals surface area (Å²) in [4.78, 5) is 23.1. The number of ether oxygens (including phenoxy) is 1. The van der Waals surface area contributed by atoms with Crippen LogP contribution >= 0.6 is 0 Å². The molecule has 1 aromatic carbocycles. The number of phenols is 1. The zero-order valence-electron chi connectivity index (χ0n) is 12.1. The second-order valence-corrected chi connectivity index (χ2v) is 5.24. The molecule has 1 heterocycles. The highest BCUT2D eigenvalue weighted by Crippen LogP contribution is 2.16. The summed E-state index contributed by atoms with van der Waals surface area (Å²) >= 11 is 0. The number of anilines is 1. The summed E-state index contributed by atoms with van der Waals surface area (Å²) in [6, 6.07) is 5.12. The molecular weight excluding hydrogens is 288 g/mol. The van der Waals surface area contributed by atoms with Crippen LogP contribution in [0.3, 0.4) is 0 Å². The largest absolute Gasteiger partial charge is 0.508 e. The molecule has 0 radical (unpaired) electrons. The van der Waals surface area contributed by atoms with Gasteiger partial charge >= 0.3 is 5.97 Å². The lowest BCUT2D eigenvalue weighted by Gasteiger charge is -2.17. The highest BCUT2D eigenvalue weighted by atomic mass is 16.5. The lowest BCUT2D eigenvalue weighted by molar-refractivity contribution is -0.141. The molecule has 0 spiro atoms. The summed E-state index contributed by atoms with van der Waals surface area (Å²) in [6.07, 6.45) is 1.69. The van der Waals surface area contributed by atoms with Gasteiger partial charge in [0.15, 0.2) is 0 Å². The maximum absolute atomic E-state index is 11.9. The summed E-state index contributed by atoms with van der Waals surface area (Å²) in [5.41, 5.74) is 0.424. The van der Waals surface area contributed by atoms with Crippen molar-refractivity contribution >= 4 is 17.6 Å². The normalized spacial score (nSPS) is 18.8. The first-order chi connectivity index (χ1) is 10.5. The zero-order valence-corrected chi connectivity index (χ0v) is 12.1. The van der Waals surface area contributed by atoms with Crippen molar-refractivity contribution in [2.45, 2.75) is 31.4 Å². The minimum atomic E-state index is -1.08. The highest BCUT2D eigenvalue weighted by molar-refractivity contribution is 5.94. The average molecular weight is 308 g/mol. The average Bonchev–Trinajstić information content (AvgIpc) is 2.96. The molecule has 7 nitrogen and oxygen atoms in total. The quantitative estimate of drug-likeness (QED) is 0.597. The van der Waals surface area contributed by atoms with Crippen molar-refractivity contribution in [3.63, 3.8) is 0 Å². The second kappa shape index (κ2) is 7.77. The molecule has 1 aliphatic heterocycles. The van der Waals surface area contributed by atoms with Crippen molar-refractivity contribution < 1.29 is 24.5 Å². The number of hydrogen-bond acceptors (Lipinski definition) is 5. The Hall–Kier alpha value is -2.12. The minimum absolute atomic E-state index is 0.0102. The fourth-order valence-corrected chi connectivity index (χ4v) is 2.31. The molecule has 7 heteroatoms. The Morgan fingerprint density at radius 2 is 2.23 bits per heavy atom. The Bertz CT molecular complexity index is 528. The smallest absolute Gasteiger partial charge is 0.321 e. The molecule has 2 atom stereocenters. The van der Waals surface area contributed by atoms with Gasteiger partial charge in [0, 0.05) is 24.9 Å². The number of carboxylic acids is 1. The third kappa shape index (κ3) is 5.01. The Labute approximate surface area is 128 Å². The maximum atomic E-state index is 11.9. The number of amides is 1. The Morgan fingerprint density at radius 1 is 1.41 bits per heavy atom. The number of carbonyl (C=O) groups is 2. The van der Waals surface area contributed by atoms with Crippen molar-refractivity contribution in [1.82, 2.24) is 5.32 Å². The van der Waals surface area contributed by atoms with E-state index in [4.69, 9.17) is 4.74 Å². The minimum Gasteiger partial charge on any atom is -0.508 e. The van der Waals surface area contributed by atoms with E-state index in [1.165, 1.54) is 12.1 Å². The van der Waals surface area contributed by atoms with Gasteiger partial charge < -0.3 is 25.6 Å². The van der Waals surface area contributed by atoms with Crippen molar-refractivity contribution in [1.29, 1.82) is 0 Å². The monoisotopic (exact) mass is 308 g/mol. The second-order valence-electron chi connectivity index (χ2n) is 5.24. The third-order valence-electron chi connectivity index (χ3n) is 3.43. The first kappa shape index (κ1) is 16.3. The van der Waals surface area contributed by atoms with E-state index in [1.807, 2.05) is 0 Å². The van der Waals surface area contributed by atoms with E-state index in [9.17, 15) is 19.8 Å². The van der Waals surface area contributed by atoms with Crippen molar-refractivity contribution in [3.05, 3.63) is 24.3 Å². The topological polar surface area (TPSA) is 108 Å². The van der Waals surface area contributed by atoms with Gasteiger partial charge in [0.1, 0.15) is 11.8 Å². The molecule has 0 aliphatic carbocycles. The number of carboxylic acid groups (broad SMARTS) is 1. The molecule has 22 heavy (non-hydrogen) atoms. The van der Waals surface area contributed by atoms with Gasteiger partial charge in [-0.25, -0.2) is 0 Å². The first-order valence-electron chi connectivity index (χ1n) is 7.21. The summed E-state index contributed by atoms with van der Waals surface area (Å²) in [6.45, 7) is 1.11. The van der Waals surface area contributed by atoms with E-state index in [-0.39, 0.29) is 18.3 Å². The fourth-order valence-electron chi connectivity index (χ4n) is 2.31. The van der Waals surface area contributed by atoms with Crippen LogP contribution in [0.5, 0.6) is 5.75 Å². The molecular formula is C15H20N2O5. The molecule has 0 aromatic heterocycles. The lowest BCUT2D eigenvalue weighted by Crippen LogP contribution is -2.43. The van der Waals surface area contributed by atoms with Crippen molar-refractivity contribution in [3.8, 4) is 5.75 Å². The van der Waals surface area contributed by atoms with E-state index in [2.05, 4.69) is 10.6 Å². The number of hydrogen-bond donors (Lipinski definition) is 4. The van der Waals surface area contributed by atoms with Crippen LogP contribution in [-0.2, 0) is 14.3 Å². The molecule has 0 unspecified atom stereocenters. The molecule has 4 N–H and O–H groups in total.